The van der Waals surface area contributed by atoms with E-state index in [2.05, 4.69) is 4.98 Å². The maximum absolute atomic E-state index is 12.6. The third-order valence-corrected chi connectivity index (χ3v) is 4.02. The van der Waals surface area contributed by atoms with Crippen LogP contribution in [0.5, 0.6) is 0 Å². The fraction of sp³-hybridized carbons (Fsp3) is 0.643. The molecule has 0 spiro atoms. The molecule has 1 unspecified atom stereocenters. The fourth-order valence-corrected chi connectivity index (χ4v) is 2.84. The molecule has 1 saturated carbocycles. The Hall–Kier alpha value is -1.10. The lowest BCUT2D eigenvalue weighted by Crippen LogP contribution is -2.31. The lowest BCUT2D eigenvalue weighted by molar-refractivity contribution is -0.184. The van der Waals surface area contributed by atoms with E-state index in [0.717, 1.165) is 11.1 Å². The van der Waals surface area contributed by atoms with Gasteiger partial charge in [-0.2, -0.15) is 13.2 Å². The molecule has 1 heterocycles. The largest absolute Gasteiger partial charge is 0.391 e. The average Bonchev–Trinajstić information content (AvgIpc) is 2.37. The van der Waals surface area contributed by atoms with Gasteiger partial charge in [-0.25, -0.2) is 0 Å². The molecule has 0 aliphatic heterocycles. The topological polar surface area (TPSA) is 38.9 Å². The summed E-state index contributed by atoms with van der Waals surface area (Å²) in [6.07, 6.45) is 0.880. The molecule has 1 aromatic heterocycles. The van der Waals surface area contributed by atoms with Crippen molar-refractivity contribution in [1.29, 1.82) is 0 Å². The summed E-state index contributed by atoms with van der Waals surface area (Å²) in [6, 6.07) is 1.76. The molecule has 2 nitrogen and oxygen atoms in total. The van der Waals surface area contributed by atoms with Crippen LogP contribution in [0, 0.1) is 18.8 Å². The Morgan fingerprint density at radius 3 is 2.37 bits per heavy atom. The van der Waals surface area contributed by atoms with Crippen LogP contribution in [0.3, 0.4) is 0 Å². The van der Waals surface area contributed by atoms with Gasteiger partial charge in [0.15, 0.2) is 0 Å². The highest BCUT2D eigenvalue weighted by Gasteiger charge is 2.42. The van der Waals surface area contributed by atoms with E-state index in [0.29, 0.717) is 12.8 Å². The maximum Gasteiger partial charge on any atom is 0.391 e. The van der Waals surface area contributed by atoms with Crippen LogP contribution in [0.4, 0.5) is 13.2 Å². The first-order valence-corrected chi connectivity index (χ1v) is 6.62. The number of alkyl halides is 3. The van der Waals surface area contributed by atoms with Crippen LogP contribution in [0.1, 0.15) is 42.9 Å². The first-order valence-electron chi connectivity index (χ1n) is 6.62. The van der Waals surface area contributed by atoms with Gasteiger partial charge in [0.2, 0.25) is 0 Å². The Bertz CT molecular complexity index is 423. The van der Waals surface area contributed by atoms with E-state index >= 15 is 0 Å². The summed E-state index contributed by atoms with van der Waals surface area (Å²) in [5.41, 5.74) is 8.12. The van der Waals surface area contributed by atoms with E-state index in [-0.39, 0.29) is 24.8 Å². The molecule has 0 bridgehead atoms. The van der Waals surface area contributed by atoms with Gasteiger partial charge in [-0.15, -0.1) is 0 Å². The first kappa shape index (κ1) is 14.3. The van der Waals surface area contributed by atoms with E-state index in [1.165, 1.54) is 0 Å². The summed E-state index contributed by atoms with van der Waals surface area (Å²) in [7, 11) is 0. The Labute approximate surface area is 111 Å². The molecule has 1 atom stereocenters. The predicted octanol–water partition coefficient (Wildman–Crippen LogP) is 3.76. The van der Waals surface area contributed by atoms with Crippen LogP contribution < -0.4 is 5.73 Å². The molecular weight excluding hydrogens is 253 g/mol. The van der Waals surface area contributed by atoms with E-state index in [1.54, 1.807) is 12.4 Å². The molecule has 0 saturated heterocycles. The van der Waals surface area contributed by atoms with Crippen molar-refractivity contribution in [3.8, 4) is 0 Å². The van der Waals surface area contributed by atoms with Crippen molar-refractivity contribution in [1.82, 2.24) is 4.98 Å². The molecule has 0 radical (unpaired) electrons. The Morgan fingerprint density at radius 2 is 1.84 bits per heavy atom. The van der Waals surface area contributed by atoms with Crippen LogP contribution >= 0.6 is 0 Å². The zero-order chi connectivity index (χ0) is 14.0. The zero-order valence-corrected chi connectivity index (χ0v) is 11.0. The van der Waals surface area contributed by atoms with Crippen LogP contribution in [-0.2, 0) is 0 Å². The van der Waals surface area contributed by atoms with Crippen LogP contribution in [-0.4, -0.2) is 11.2 Å². The number of pyridine rings is 1. The molecule has 1 aliphatic carbocycles. The van der Waals surface area contributed by atoms with Crippen molar-refractivity contribution >= 4 is 0 Å². The summed E-state index contributed by atoms with van der Waals surface area (Å²) >= 11 is 0. The minimum Gasteiger partial charge on any atom is -0.324 e. The molecule has 19 heavy (non-hydrogen) atoms. The van der Waals surface area contributed by atoms with Gasteiger partial charge in [0, 0.05) is 18.4 Å². The van der Waals surface area contributed by atoms with Gasteiger partial charge < -0.3 is 5.73 Å². The van der Waals surface area contributed by atoms with E-state index in [1.807, 2.05) is 13.0 Å². The number of aromatic nitrogens is 1. The van der Waals surface area contributed by atoms with Crippen molar-refractivity contribution in [3.63, 3.8) is 0 Å². The van der Waals surface area contributed by atoms with Gasteiger partial charge in [-0.1, -0.05) is 6.07 Å². The minimum absolute atomic E-state index is 0.127. The van der Waals surface area contributed by atoms with Gasteiger partial charge in [0.05, 0.1) is 5.92 Å². The number of nitrogens with two attached hydrogens (primary N) is 1. The van der Waals surface area contributed by atoms with Gasteiger partial charge in [-0.05, 0) is 49.7 Å². The van der Waals surface area contributed by atoms with E-state index in [9.17, 15) is 13.2 Å². The number of nitrogens with zero attached hydrogens (tertiary/aromatic N) is 1. The van der Waals surface area contributed by atoms with Gasteiger partial charge in [0.1, 0.15) is 0 Å². The third-order valence-electron chi connectivity index (χ3n) is 4.02. The standard InChI is InChI=1S/C14H19F3N2/c1-9-6-11(8-19-7-9)13(18)10-2-4-12(5-3-10)14(15,16)17/h6-8,10,12-13H,2-5,18H2,1H3. The van der Waals surface area contributed by atoms with Crippen LogP contribution in [0.2, 0.25) is 0 Å². The van der Waals surface area contributed by atoms with Gasteiger partial charge in [-0.3, -0.25) is 4.98 Å². The second kappa shape index (κ2) is 5.49. The molecule has 0 amide bonds. The number of rotatable bonds is 2. The van der Waals surface area contributed by atoms with Gasteiger partial charge in [0.25, 0.3) is 0 Å². The fourth-order valence-electron chi connectivity index (χ4n) is 2.84. The minimum atomic E-state index is -4.06. The van der Waals surface area contributed by atoms with Crippen molar-refractivity contribution < 1.29 is 13.2 Å². The summed E-state index contributed by atoms with van der Waals surface area (Å²) in [5, 5.41) is 0. The van der Waals surface area contributed by atoms with Crippen molar-refractivity contribution in [3.05, 3.63) is 29.6 Å². The second-order valence-electron chi connectivity index (χ2n) is 5.47. The lowest BCUT2D eigenvalue weighted by Gasteiger charge is -2.33. The highest BCUT2D eigenvalue weighted by molar-refractivity contribution is 5.20. The summed E-state index contributed by atoms with van der Waals surface area (Å²) in [6.45, 7) is 1.93. The SMILES string of the molecule is Cc1cncc(C(N)C2CCC(C(F)(F)F)CC2)c1. The highest BCUT2D eigenvalue weighted by atomic mass is 19.4. The number of aryl methyl sites for hydroxylation is 1. The quantitative estimate of drug-likeness (QED) is 0.890. The van der Waals surface area contributed by atoms with Crippen molar-refractivity contribution in [2.24, 2.45) is 17.6 Å². The molecule has 0 aromatic carbocycles. The summed E-state index contributed by atoms with van der Waals surface area (Å²) in [5.74, 6) is -1.02. The monoisotopic (exact) mass is 272 g/mol. The van der Waals surface area contributed by atoms with Crippen LogP contribution in [0.25, 0.3) is 0 Å². The Balaban J connectivity index is 1.98. The number of halogens is 3. The molecule has 106 valence electrons. The smallest absolute Gasteiger partial charge is 0.324 e. The number of hydrogen-bond acceptors (Lipinski definition) is 2. The first-order chi connectivity index (χ1) is 8.88. The normalized spacial score (nSPS) is 26.2. The molecule has 2 N–H and O–H groups in total. The molecule has 2 rings (SSSR count). The maximum atomic E-state index is 12.6. The third kappa shape index (κ3) is 3.47. The molecule has 1 aliphatic rings. The van der Waals surface area contributed by atoms with Gasteiger partial charge >= 0.3 is 6.18 Å². The molecule has 1 fully saturated rings. The molecule has 5 heteroatoms. The Morgan fingerprint density at radius 1 is 1.21 bits per heavy atom. The summed E-state index contributed by atoms with van der Waals surface area (Å²) < 4.78 is 37.8. The second-order valence-corrected chi connectivity index (χ2v) is 5.47. The van der Waals surface area contributed by atoms with Crippen LogP contribution in [0.15, 0.2) is 18.5 Å². The molecule has 1 aromatic rings. The Kier molecular flexibility index (Phi) is 4.13. The lowest BCUT2D eigenvalue weighted by atomic mass is 9.77. The highest BCUT2D eigenvalue weighted by Crippen LogP contribution is 2.42. The number of hydrogen-bond donors (Lipinski definition) is 1. The van der Waals surface area contributed by atoms with E-state index in [4.69, 9.17) is 5.73 Å². The predicted molar refractivity (Wildman–Crippen MR) is 67.4 cm³/mol. The molecular formula is C14H19F3N2. The average molecular weight is 272 g/mol. The van der Waals surface area contributed by atoms with E-state index < -0.39 is 12.1 Å². The zero-order valence-electron chi connectivity index (χ0n) is 11.0. The van der Waals surface area contributed by atoms with Crippen molar-refractivity contribution in [2.75, 3.05) is 0 Å². The van der Waals surface area contributed by atoms with Crippen molar-refractivity contribution in [2.45, 2.75) is 44.8 Å². The summed E-state index contributed by atoms with van der Waals surface area (Å²) in [4.78, 5) is 4.09.